The lowest BCUT2D eigenvalue weighted by Crippen LogP contribution is -2.12. The van der Waals surface area contributed by atoms with E-state index in [1.165, 1.54) is 0 Å². The maximum atomic E-state index is 12.3. The van der Waals surface area contributed by atoms with Crippen molar-refractivity contribution < 1.29 is 4.79 Å². The number of aryl methyl sites for hydroxylation is 2. The summed E-state index contributed by atoms with van der Waals surface area (Å²) in [7, 11) is 0. The van der Waals surface area contributed by atoms with E-state index in [4.69, 9.17) is 0 Å². The van der Waals surface area contributed by atoms with Crippen LogP contribution in [-0.2, 0) is 0 Å². The molecule has 0 unspecified atom stereocenters. The SMILES string of the molecule is Cc1cc(C)cc(C(=O)Nc2cnc(-c3ccccc3)nc2)c1. The summed E-state index contributed by atoms with van der Waals surface area (Å²) < 4.78 is 0. The number of benzene rings is 2. The van der Waals surface area contributed by atoms with Gasteiger partial charge in [0.15, 0.2) is 5.82 Å². The fourth-order valence-electron chi connectivity index (χ4n) is 2.44. The zero-order valence-corrected chi connectivity index (χ0v) is 13.1. The first-order chi connectivity index (χ1) is 11.1. The van der Waals surface area contributed by atoms with Crippen molar-refractivity contribution >= 4 is 11.6 Å². The average Bonchev–Trinajstić information content (AvgIpc) is 2.55. The number of amides is 1. The van der Waals surface area contributed by atoms with Gasteiger partial charge in [0.1, 0.15) is 0 Å². The van der Waals surface area contributed by atoms with Crippen LogP contribution in [0.4, 0.5) is 5.69 Å². The largest absolute Gasteiger partial charge is 0.319 e. The summed E-state index contributed by atoms with van der Waals surface area (Å²) in [5.41, 5.74) is 4.28. The minimum absolute atomic E-state index is 0.159. The molecule has 0 aliphatic carbocycles. The molecule has 0 fully saturated rings. The Labute approximate surface area is 135 Å². The van der Waals surface area contributed by atoms with Gasteiger partial charge < -0.3 is 5.32 Å². The maximum Gasteiger partial charge on any atom is 0.255 e. The van der Waals surface area contributed by atoms with E-state index < -0.39 is 0 Å². The third-order valence-corrected chi connectivity index (χ3v) is 3.43. The van der Waals surface area contributed by atoms with Crippen molar-refractivity contribution in [3.05, 3.63) is 77.6 Å². The summed E-state index contributed by atoms with van der Waals surface area (Å²) in [6.07, 6.45) is 3.24. The van der Waals surface area contributed by atoms with Gasteiger partial charge in [0.2, 0.25) is 0 Å². The van der Waals surface area contributed by atoms with Gasteiger partial charge in [-0.15, -0.1) is 0 Å². The van der Waals surface area contributed by atoms with Gasteiger partial charge in [0, 0.05) is 11.1 Å². The number of carbonyl (C=O) groups excluding carboxylic acids is 1. The topological polar surface area (TPSA) is 54.9 Å². The summed E-state index contributed by atoms with van der Waals surface area (Å²) in [5.74, 6) is 0.475. The van der Waals surface area contributed by atoms with Crippen LogP contribution < -0.4 is 5.32 Å². The Morgan fingerprint density at radius 1 is 0.913 bits per heavy atom. The number of aromatic nitrogens is 2. The van der Waals surface area contributed by atoms with E-state index in [1.54, 1.807) is 12.4 Å². The van der Waals surface area contributed by atoms with Crippen molar-refractivity contribution in [3.63, 3.8) is 0 Å². The van der Waals surface area contributed by atoms with Crippen LogP contribution in [0, 0.1) is 13.8 Å². The second-order valence-electron chi connectivity index (χ2n) is 5.49. The summed E-state index contributed by atoms with van der Waals surface area (Å²) in [5, 5.41) is 2.83. The molecule has 23 heavy (non-hydrogen) atoms. The Kier molecular flexibility index (Phi) is 4.15. The van der Waals surface area contributed by atoms with Crippen molar-refractivity contribution in [2.24, 2.45) is 0 Å². The zero-order valence-electron chi connectivity index (χ0n) is 13.1. The second kappa shape index (κ2) is 6.40. The normalized spacial score (nSPS) is 10.3. The molecule has 114 valence electrons. The smallest absolute Gasteiger partial charge is 0.255 e. The Morgan fingerprint density at radius 3 is 2.13 bits per heavy atom. The van der Waals surface area contributed by atoms with Gasteiger partial charge in [-0.05, 0) is 26.0 Å². The van der Waals surface area contributed by atoms with Crippen LogP contribution in [-0.4, -0.2) is 15.9 Å². The molecule has 2 aromatic carbocycles. The van der Waals surface area contributed by atoms with Crippen LogP contribution in [0.5, 0.6) is 0 Å². The highest BCUT2D eigenvalue weighted by atomic mass is 16.1. The predicted molar refractivity (Wildman–Crippen MR) is 91.3 cm³/mol. The van der Waals surface area contributed by atoms with Gasteiger partial charge in [-0.3, -0.25) is 4.79 Å². The Morgan fingerprint density at radius 2 is 1.52 bits per heavy atom. The molecule has 0 atom stereocenters. The third-order valence-electron chi connectivity index (χ3n) is 3.43. The molecule has 0 aliphatic heterocycles. The molecular weight excluding hydrogens is 286 g/mol. The zero-order chi connectivity index (χ0) is 16.2. The van der Waals surface area contributed by atoms with Crippen LogP contribution in [0.3, 0.4) is 0 Å². The summed E-state index contributed by atoms with van der Waals surface area (Å²) in [6.45, 7) is 3.95. The Balaban J connectivity index is 1.77. The van der Waals surface area contributed by atoms with E-state index in [-0.39, 0.29) is 5.91 Å². The second-order valence-corrected chi connectivity index (χ2v) is 5.49. The number of nitrogens with zero attached hydrogens (tertiary/aromatic N) is 2. The fraction of sp³-hybridized carbons (Fsp3) is 0.105. The van der Waals surface area contributed by atoms with Crippen LogP contribution in [0.1, 0.15) is 21.5 Å². The summed E-state index contributed by atoms with van der Waals surface area (Å²) in [6, 6.07) is 15.5. The molecule has 1 amide bonds. The first-order valence-corrected chi connectivity index (χ1v) is 7.39. The average molecular weight is 303 g/mol. The molecule has 0 saturated carbocycles. The lowest BCUT2D eigenvalue weighted by atomic mass is 10.1. The first-order valence-electron chi connectivity index (χ1n) is 7.39. The lowest BCUT2D eigenvalue weighted by molar-refractivity contribution is 0.102. The van der Waals surface area contributed by atoms with Gasteiger partial charge in [0.05, 0.1) is 18.1 Å². The summed E-state index contributed by atoms with van der Waals surface area (Å²) >= 11 is 0. The van der Waals surface area contributed by atoms with E-state index in [0.717, 1.165) is 16.7 Å². The highest BCUT2D eigenvalue weighted by Gasteiger charge is 2.08. The standard InChI is InChI=1S/C19H17N3O/c1-13-8-14(2)10-16(9-13)19(23)22-17-11-20-18(21-12-17)15-6-4-3-5-7-15/h3-12H,1-2H3,(H,22,23). The van der Waals surface area contributed by atoms with Crippen molar-refractivity contribution in [2.75, 3.05) is 5.32 Å². The molecule has 3 aromatic rings. The molecule has 4 heteroatoms. The van der Waals surface area contributed by atoms with Crippen LogP contribution >= 0.6 is 0 Å². The van der Waals surface area contributed by atoms with Gasteiger partial charge >= 0.3 is 0 Å². The summed E-state index contributed by atoms with van der Waals surface area (Å²) in [4.78, 5) is 20.9. The fourth-order valence-corrected chi connectivity index (χ4v) is 2.44. The number of hydrogen-bond donors (Lipinski definition) is 1. The van der Waals surface area contributed by atoms with Crippen LogP contribution in [0.2, 0.25) is 0 Å². The molecule has 0 aliphatic rings. The molecule has 1 N–H and O–H groups in total. The Bertz CT molecular complexity index is 807. The van der Waals surface area contributed by atoms with Crippen LogP contribution in [0.25, 0.3) is 11.4 Å². The number of carbonyl (C=O) groups is 1. The molecular formula is C19H17N3O. The van der Waals surface area contributed by atoms with Gasteiger partial charge in [-0.2, -0.15) is 0 Å². The van der Waals surface area contributed by atoms with Gasteiger partial charge in [-0.25, -0.2) is 9.97 Å². The molecule has 0 bridgehead atoms. The highest BCUT2D eigenvalue weighted by molar-refractivity contribution is 6.04. The van der Waals surface area contributed by atoms with E-state index in [1.807, 2.05) is 62.4 Å². The molecule has 1 aromatic heterocycles. The van der Waals surface area contributed by atoms with Crippen molar-refractivity contribution in [2.45, 2.75) is 13.8 Å². The molecule has 0 spiro atoms. The van der Waals surface area contributed by atoms with Crippen molar-refractivity contribution in [1.29, 1.82) is 0 Å². The molecule has 4 nitrogen and oxygen atoms in total. The number of nitrogens with one attached hydrogen (secondary N) is 1. The van der Waals surface area contributed by atoms with Crippen LogP contribution in [0.15, 0.2) is 60.9 Å². The molecule has 0 radical (unpaired) electrons. The third kappa shape index (κ3) is 3.61. The molecule has 1 heterocycles. The minimum atomic E-state index is -0.159. The van der Waals surface area contributed by atoms with Gasteiger partial charge in [-0.1, -0.05) is 47.5 Å². The molecule has 0 saturated heterocycles. The predicted octanol–water partition coefficient (Wildman–Crippen LogP) is 4.01. The number of anilines is 1. The number of hydrogen-bond acceptors (Lipinski definition) is 3. The van der Waals surface area contributed by atoms with E-state index in [0.29, 0.717) is 17.1 Å². The van der Waals surface area contributed by atoms with Gasteiger partial charge in [0.25, 0.3) is 5.91 Å². The van der Waals surface area contributed by atoms with Crippen molar-refractivity contribution in [3.8, 4) is 11.4 Å². The quantitative estimate of drug-likeness (QED) is 0.795. The highest BCUT2D eigenvalue weighted by Crippen LogP contribution is 2.16. The van der Waals surface area contributed by atoms with Crippen molar-refractivity contribution in [1.82, 2.24) is 9.97 Å². The van der Waals surface area contributed by atoms with E-state index in [2.05, 4.69) is 15.3 Å². The molecule has 3 rings (SSSR count). The van der Waals surface area contributed by atoms with E-state index in [9.17, 15) is 4.79 Å². The first kappa shape index (κ1) is 14.9. The van der Waals surface area contributed by atoms with E-state index >= 15 is 0 Å². The number of rotatable bonds is 3. The maximum absolute atomic E-state index is 12.3. The monoisotopic (exact) mass is 303 g/mol. The lowest BCUT2D eigenvalue weighted by Gasteiger charge is -2.07. The Hall–Kier alpha value is -3.01. The minimum Gasteiger partial charge on any atom is -0.319 e.